The molecule has 3 heterocycles. The number of nitrogens with zero attached hydrogens (tertiary/aromatic N) is 4. The first kappa shape index (κ1) is 22.6. The highest BCUT2D eigenvalue weighted by molar-refractivity contribution is 7.18. The standard InChI is InChI=1S/C23H22F3N5O2S/c1-30-11-15(10-29-30)12-31-13-28-21-20(22(31)32)18-7-4-16(8-19(18)34-21)27-9-14-2-5-17(6-3-14)33-23(24,25)26/h2-3,5-6,10-11,13,16,27H,4,7-9,12H2,1H3. The Hall–Kier alpha value is -3.18. The number of nitrogens with one attached hydrogen (secondary N) is 1. The molecule has 0 amide bonds. The van der Waals surface area contributed by atoms with E-state index in [0.717, 1.165) is 45.7 Å². The zero-order chi connectivity index (χ0) is 23.9. The van der Waals surface area contributed by atoms with Gasteiger partial charge in [-0.05, 0) is 42.5 Å². The summed E-state index contributed by atoms with van der Waals surface area (Å²) >= 11 is 1.56. The van der Waals surface area contributed by atoms with Gasteiger partial charge in [0.1, 0.15) is 10.6 Å². The Morgan fingerprint density at radius 3 is 2.74 bits per heavy atom. The molecule has 1 aliphatic rings. The van der Waals surface area contributed by atoms with E-state index in [2.05, 4.69) is 20.1 Å². The van der Waals surface area contributed by atoms with Crippen molar-refractivity contribution in [3.8, 4) is 5.75 Å². The summed E-state index contributed by atoms with van der Waals surface area (Å²) < 4.78 is 44.2. The van der Waals surface area contributed by atoms with Crippen molar-refractivity contribution < 1.29 is 17.9 Å². The number of hydrogen-bond donors (Lipinski definition) is 1. The first-order valence-corrected chi connectivity index (χ1v) is 11.6. The Bertz CT molecular complexity index is 1370. The molecule has 5 rings (SSSR count). The van der Waals surface area contributed by atoms with Crippen LogP contribution in [-0.4, -0.2) is 31.7 Å². The van der Waals surface area contributed by atoms with Crippen LogP contribution in [0.4, 0.5) is 13.2 Å². The Labute approximate surface area is 196 Å². The number of hydrogen-bond acceptors (Lipinski definition) is 6. The smallest absolute Gasteiger partial charge is 0.406 e. The molecule has 4 aromatic rings. The average molecular weight is 490 g/mol. The highest BCUT2D eigenvalue weighted by Crippen LogP contribution is 2.34. The summed E-state index contributed by atoms with van der Waals surface area (Å²) in [5.74, 6) is -0.231. The average Bonchev–Trinajstić information content (AvgIpc) is 3.37. The summed E-state index contributed by atoms with van der Waals surface area (Å²) in [6.45, 7) is 0.963. The van der Waals surface area contributed by atoms with Crippen molar-refractivity contribution in [3.63, 3.8) is 0 Å². The van der Waals surface area contributed by atoms with E-state index in [4.69, 9.17) is 0 Å². The molecule has 1 atom stereocenters. The Morgan fingerprint density at radius 1 is 1.24 bits per heavy atom. The molecule has 7 nitrogen and oxygen atoms in total. The van der Waals surface area contributed by atoms with Gasteiger partial charge in [-0.15, -0.1) is 24.5 Å². The fraction of sp³-hybridized carbons (Fsp3) is 0.348. The molecule has 1 N–H and O–H groups in total. The van der Waals surface area contributed by atoms with E-state index in [9.17, 15) is 18.0 Å². The maximum Gasteiger partial charge on any atom is 0.573 e. The van der Waals surface area contributed by atoms with E-state index >= 15 is 0 Å². The molecule has 3 aromatic heterocycles. The Balaban J connectivity index is 1.27. The summed E-state index contributed by atoms with van der Waals surface area (Å²) in [7, 11) is 1.84. The van der Waals surface area contributed by atoms with Crippen molar-refractivity contribution in [3.05, 3.63) is 74.9 Å². The van der Waals surface area contributed by atoms with Crippen molar-refractivity contribution in [1.82, 2.24) is 24.6 Å². The van der Waals surface area contributed by atoms with Gasteiger partial charge in [0, 0.05) is 36.3 Å². The van der Waals surface area contributed by atoms with E-state index in [1.165, 1.54) is 12.1 Å². The first-order valence-electron chi connectivity index (χ1n) is 10.8. The summed E-state index contributed by atoms with van der Waals surface area (Å²) in [5, 5.41) is 8.35. The molecule has 0 spiro atoms. The predicted molar refractivity (Wildman–Crippen MR) is 122 cm³/mol. The van der Waals surface area contributed by atoms with Crippen LogP contribution in [0.15, 0.2) is 47.8 Å². The number of alkyl halides is 3. The lowest BCUT2D eigenvalue weighted by molar-refractivity contribution is -0.274. The topological polar surface area (TPSA) is 74.0 Å². The second-order valence-electron chi connectivity index (χ2n) is 8.40. The number of rotatable bonds is 6. The van der Waals surface area contributed by atoms with Gasteiger partial charge in [0.25, 0.3) is 5.56 Å². The highest BCUT2D eigenvalue weighted by Gasteiger charge is 2.31. The van der Waals surface area contributed by atoms with Crippen molar-refractivity contribution in [2.75, 3.05) is 0 Å². The summed E-state index contributed by atoms with van der Waals surface area (Å²) in [5.41, 5.74) is 2.87. The lowest BCUT2D eigenvalue weighted by Gasteiger charge is -2.23. The van der Waals surface area contributed by atoms with Crippen LogP contribution in [-0.2, 0) is 33.0 Å². The van der Waals surface area contributed by atoms with Gasteiger partial charge in [-0.1, -0.05) is 12.1 Å². The molecule has 1 unspecified atom stereocenters. The van der Waals surface area contributed by atoms with Gasteiger partial charge >= 0.3 is 6.36 Å². The third kappa shape index (κ3) is 4.85. The molecule has 0 radical (unpaired) electrons. The molecule has 34 heavy (non-hydrogen) atoms. The fourth-order valence-electron chi connectivity index (χ4n) is 4.31. The van der Waals surface area contributed by atoms with Crippen LogP contribution in [0.2, 0.25) is 0 Å². The molecule has 0 aliphatic heterocycles. The second-order valence-corrected chi connectivity index (χ2v) is 9.48. The largest absolute Gasteiger partial charge is 0.573 e. The number of fused-ring (bicyclic) bond motifs is 3. The minimum Gasteiger partial charge on any atom is -0.406 e. The monoisotopic (exact) mass is 489 g/mol. The van der Waals surface area contributed by atoms with Crippen molar-refractivity contribution >= 4 is 21.6 Å². The lowest BCUT2D eigenvalue weighted by Crippen LogP contribution is -2.33. The van der Waals surface area contributed by atoms with Crippen LogP contribution in [0.25, 0.3) is 10.2 Å². The molecule has 1 aliphatic carbocycles. The molecular weight excluding hydrogens is 467 g/mol. The summed E-state index contributed by atoms with van der Waals surface area (Å²) in [6.07, 6.45) is 2.96. The highest BCUT2D eigenvalue weighted by atomic mass is 32.1. The van der Waals surface area contributed by atoms with E-state index in [1.54, 1.807) is 45.2 Å². The van der Waals surface area contributed by atoms with Gasteiger partial charge < -0.3 is 10.1 Å². The van der Waals surface area contributed by atoms with Crippen LogP contribution < -0.4 is 15.6 Å². The van der Waals surface area contributed by atoms with Gasteiger partial charge in [0.15, 0.2) is 0 Å². The van der Waals surface area contributed by atoms with Gasteiger partial charge in [-0.25, -0.2) is 4.98 Å². The Kier molecular flexibility index (Phi) is 5.90. The number of thiophene rings is 1. The molecule has 178 valence electrons. The van der Waals surface area contributed by atoms with Gasteiger partial charge in [-0.2, -0.15) is 5.10 Å². The SMILES string of the molecule is Cn1cc(Cn2cnc3sc4c(c3c2=O)CCC(NCc2ccc(OC(F)(F)F)cc2)C4)cn1. The summed E-state index contributed by atoms with van der Waals surface area (Å²) in [6, 6.07) is 6.09. The number of ether oxygens (including phenoxy) is 1. The predicted octanol–water partition coefficient (Wildman–Crippen LogP) is 3.79. The van der Waals surface area contributed by atoms with Crippen LogP contribution in [0.5, 0.6) is 5.75 Å². The lowest BCUT2D eigenvalue weighted by atomic mass is 9.93. The van der Waals surface area contributed by atoms with Crippen molar-refractivity contribution in [2.45, 2.75) is 44.8 Å². The van der Waals surface area contributed by atoms with Crippen molar-refractivity contribution in [2.24, 2.45) is 7.05 Å². The van der Waals surface area contributed by atoms with E-state index in [1.807, 2.05) is 13.2 Å². The number of aryl methyl sites for hydroxylation is 2. The number of aromatic nitrogens is 4. The van der Waals surface area contributed by atoms with Gasteiger partial charge in [0.05, 0.1) is 24.5 Å². The maximum absolute atomic E-state index is 13.2. The van der Waals surface area contributed by atoms with Gasteiger partial charge in [0.2, 0.25) is 0 Å². The third-order valence-electron chi connectivity index (χ3n) is 5.90. The molecule has 0 saturated carbocycles. The van der Waals surface area contributed by atoms with E-state index < -0.39 is 6.36 Å². The maximum atomic E-state index is 13.2. The second kappa shape index (κ2) is 8.88. The van der Waals surface area contributed by atoms with E-state index in [-0.39, 0.29) is 17.4 Å². The molecule has 0 fully saturated rings. The number of halogens is 3. The van der Waals surface area contributed by atoms with Gasteiger partial charge in [-0.3, -0.25) is 14.0 Å². The Morgan fingerprint density at radius 2 is 2.03 bits per heavy atom. The quantitative estimate of drug-likeness (QED) is 0.446. The molecule has 0 bridgehead atoms. The minimum atomic E-state index is -4.69. The van der Waals surface area contributed by atoms with Crippen LogP contribution in [0.1, 0.15) is 28.0 Å². The molecule has 1 aromatic carbocycles. The summed E-state index contributed by atoms with van der Waals surface area (Å²) in [4.78, 5) is 19.7. The zero-order valence-corrected chi connectivity index (χ0v) is 19.1. The molecular formula is C23H22F3N5O2S. The number of benzene rings is 1. The van der Waals surface area contributed by atoms with Crippen LogP contribution >= 0.6 is 11.3 Å². The third-order valence-corrected chi connectivity index (χ3v) is 7.06. The normalized spacial score (nSPS) is 16.1. The first-order chi connectivity index (χ1) is 16.2. The minimum absolute atomic E-state index is 0.0288. The van der Waals surface area contributed by atoms with E-state index in [0.29, 0.717) is 18.5 Å². The molecule has 0 saturated heterocycles. The molecule has 11 heteroatoms. The van der Waals surface area contributed by atoms with Crippen LogP contribution in [0.3, 0.4) is 0 Å². The van der Waals surface area contributed by atoms with Crippen molar-refractivity contribution in [1.29, 1.82) is 0 Å². The zero-order valence-electron chi connectivity index (χ0n) is 18.3. The van der Waals surface area contributed by atoms with Crippen LogP contribution in [0, 0.1) is 0 Å². The fourth-order valence-corrected chi connectivity index (χ4v) is 5.57.